The summed E-state index contributed by atoms with van der Waals surface area (Å²) in [6.45, 7) is 11.9. The standard InChI is InChI=1S/C25H25NO2/c1-6-25(27)28-24-9-7-8-21(16-24)26(22-12-10-17(2)19(4)14-22)23-13-11-18(3)20(5)15-23/h6-16H,1H2,2-5H3. The Morgan fingerprint density at radius 1 is 0.786 bits per heavy atom. The maximum absolute atomic E-state index is 11.6. The number of carbonyl (C=O) groups is 1. The molecule has 0 aliphatic rings. The highest BCUT2D eigenvalue weighted by atomic mass is 16.5. The third-order valence-corrected chi connectivity index (χ3v) is 4.96. The van der Waals surface area contributed by atoms with Gasteiger partial charge in [0.05, 0.1) is 0 Å². The maximum atomic E-state index is 11.6. The van der Waals surface area contributed by atoms with Gasteiger partial charge in [0.15, 0.2) is 0 Å². The van der Waals surface area contributed by atoms with Crippen LogP contribution >= 0.6 is 0 Å². The fourth-order valence-electron chi connectivity index (χ4n) is 3.02. The Kier molecular flexibility index (Phi) is 5.65. The molecule has 0 spiro atoms. The minimum absolute atomic E-state index is 0.471. The van der Waals surface area contributed by atoms with E-state index in [4.69, 9.17) is 4.74 Å². The van der Waals surface area contributed by atoms with Crippen LogP contribution in [0.4, 0.5) is 17.1 Å². The fourth-order valence-corrected chi connectivity index (χ4v) is 3.02. The van der Waals surface area contributed by atoms with Crippen molar-refractivity contribution in [2.75, 3.05) is 4.90 Å². The van der Waals surface area contributed by atoms with Crippen LogP contribution in [0.1, 0.15) is 22.3 Å². The van der Waals surface area contributed by atoms with E-state index in [1.165, 1.54) is 22.3 Å². The van der Waals surface area contributed by atoms with E-state index in [-0.39, 0.29) is 0 Å². The van der Waals surface area contributed by atoms with Gasteiger partial charge in [0, 0.05) is 29.2 Å². The van der Waals surface area contributed by atoms with E-state index in [2.05, 4.69) is 75.6 Å². The third-order valence-electron chi connectivity index (χ3n) is 4.96. The molecule has 0 aromatic heterocycles. The van der Waals surface area contributed by atoms with Crippen LogP contribution in [0, 0.1) is 27.7 Å². The normalized spacial score (nSPS) is 10.4. The van der Waals surface area contributed by atoms with Gasteiger partial charge in [-0.3, -0.25) is 0 Å². The molecule has 0 bridgehead atoms. The number of carbonyl (C=O) groups excluding carboxylic acids is 1. The second kappa shape index (κ2) is 8.13. The van der Waals surface area contributed by atoms with Gasteiger partial charge in [-0.25, -0.2) is 4.79 Å². The van der Waals surface area contributed by atoms with Crippen LogP contribution in [0.3, 0.4) is 0 Å². The molecule has 0 heterocycles. The molecule has 3 nitrogen and oxygen atoms in total. The molecule has 0 fully saturated rings. The molecule has 0 atom stereocenters. The van der Waals surface area contributed by atoms with Gasteiger partial charge >= 0.3 is 5.97 Å². The average molecular weight is 371 g/mol. The molecule has 3 heteroatoms. The first-order chi connectivity index (χ1) is 13.4. The lowest BCUT2D eigenvalue weighted by Gasteiger charge is -2.27. The second-order valence-corrected chi connectivity index (χ2v) is 7.00. The Morgan fingerprint density at radius 2 is 1.32 bits per heavy atom. The molecule has 0 unspecified atom stereocenters. The molecule has 0 amide bonds. The highest BCUT2D eigenvalue weighted by Gasteiger charge is 2.15. The fraction of sp³-hybridized carbons (Fsp3) is 0.160. The largest absolute Gasteiger partial charge is 0.423 e. The van der Waals surface area contributed by atoms with Crippen LogP contribution < -0.4 is 9.64 Å². The minimum Gasteiger partial charge on any atom is -0.423 e. The van der Waals surface area contributed by atoms with Crippen molar-refractivity contribution >= 4 is 23.0 Å². The lowest BCUT2D eigenvalue weighted by Crippen LogP contribution is -2.11. The number of benzene rings is 3. The summed E-state index contributed by atoms with van der Waals surface area (Å²) < 4.78 is 5.33. The van der Waals surface area contributed by atoms with Crippen molar-refractivity contribution in [3.63, 3.8) is 0 Å². The summed E-state index contributed by atoms with van der Waals surface area (Å²) in [5, 5.41) is 0. The topological polar surface area (TPSA) is 29.5 Å². The summed E-state index contributed by atoms with van der Waals surface area (Å²) in [5.41, 5.74) is 7.97. The van der Waals surface area contributed by atoms with E-state index >= 15 is 0 Å². The van der Waals surface area contributed by atoms with Crippen LogP contribution in [0.2, 0.25) is 0 Å². The molecule has 3 aromatic carbocycles. The molecule has 3 rings (SSSR count). The highest BCUT2D eigenvalue weighted by Crippen LogP contribution is 2.37. The Balaban J connectivity index is 2.14. The zero-order valence-electron chi connectivity index (χ0n) is 16.8. The van der Waals surface area contributed by atoms with Gasteiger partial charge in [-0.2, -0.15) is 0 Å². The monoisotopic (exact) mass is 371 g/mol. The SMILES string of the molecule is C=CC(=O)Oc1cccc(N(c2ccc(C)c(C)c2)c2ccc(C)c(C)c2)c1. The molecule has 28 heavy (non-hydrogen) atoms. The molecule has 3 aromatic rings. The Bertz CT molecular complexity index is 985. The van der Waals surface area contributed by atoms with E-state index < -0.39 is 5.97 Å². The zero-order valence-corrected chi connectivity index (χ0v) is 16.8. The summed E-state index contributed by atoms with van der Waals surface area (Å²) in [5.74, 6) is 0.0149. The van der Waals surface area contributed by atoms with E-state index in [1.807, 2.05) is 18.2 Å². The number of hydrogen-bond acceptors (Lipinski definition) is 3. The van der Waals surface area contributed by atoms with Crippen molar-refractivity contribution in [3.05, 3.63) is 95.6 Å². The predicted molar refractivity (Wildman–Crippen MR) is 116 cm³/mol. The lowest BCUT2D eigenvalue weighted by atomic mass is 10.1. The third kappa shape index (κ3) is 4.15. The van der Waals surface area contributed by atoms with Gasteiger partial charge in [0.25, 0.3) is 0 Å². The quantitative estimate of drug-likeness (QED) is 0.292. The van der Waals surface area contributed by atoms with Crippen molar-refractivity contribution < 1.29 is 9.53 Å². The summed E-state index contributed by atoms with van der Waals surface area (Å²) in [4.78, 5) is 13.8. The number of nitrogens with zero attached hydrogens (tertiary/aromatic N) is 1. The molecule has 0 N–H and O–H groups in total. The Morgan fingerprint density at radius 3 is 1.82 bits per heavy atom. The van der Waals surface area contributed by atoms with Crippen LogP contribution in [0.15, 0.2) is 73.3 Å². The van der Waals surface area contributed by atoms with Gasteiger partial charge in [-0.1, -0.05) is 24.8 Å². The van der Waals surface area contributed by atoms with E-state index in [0.29, 0.717) is 5.75 Å². The molecule has 0 radical (unpaired) electrons. The van der Waals surface area contributed by atoms with Crippen LogP contribution in [0.25, 0.3) is 0 Å². The van der Waals surface area contributed by atoms with Crippen molar-refractivity contribution in [1.29, 1.82) is 0 Å². The van der Waals surface area contributed by atoms with Crippen LogP contribution in [0.5, 0.6) is 5.75 Å². The van der Waals surface area contributed by atoms with Gasteiger partial charge in [0.2, 0.25) is 0 Å². The molecule has 0 saturated carbocycles. The summed E-state index contributed by atoms with van der Waals surface area (Å²) in [6.07, 6.45) is 1.16. The number of esters is 1. The molecule has 0 aliphatic carbocycles. The highest BCUT2D eigenvalue weighted by molar-refractivity contribution is 5.84. The molecular weight excluding hydrogens is 346 g/mol. The van der Waals surface area contributed by atoms with Crippen molar-refractivity contribution in [1.82, 2.24) is 0 Å². The van der Waals surface area contributed by atoms with Crippen LogP contribution in [-0.4, -0.2) is 5.97 Å². The number of aryl methyl sites for hydroxylation is 4. The summed E-state index contributed by atoms with van der Waals surface area (Å²) in [6, 6.07) is 20.3. The van der Waals surface area contributed by atoms with Gasteiger partial charge < -0.3 is 9.64 Å². The van der Waals surface area contributed by atoms with Gasteiger partial charge in [-0.05, 0) is 86.3 Å². The molecular formula is C25H25NO2. The molecule has 0 saturated heterocycles. The van der Waals surface area contributed by atoms with Crippen molar-refractivity contribution in [2.45, 2.75) is 27.7 Å². The number of ether oxygens (including phenoxy) is 1. The minimum atomic E-state index is -0.471. The average Bonchev–Trinajstić information content (AvgIpc) is 2.68. The number of hydrogen-bond donors (Lipinski definition) is 0. The van der Waals surface area contributed by atoms with E-state index in [0.717, 1.165) is 23.1 Å². The number of rotatable bonds is 5. The first-order valence-electron chi connectivity index (χ1n) is 9.28. The Hall–Kier alpha value is -3.33. The van der Waals surface area contributed by atoms with Gasteiger partial charge in [0.1, 0.15) is 5.75 Å². The summed E-state index contributed by atoms with van der Waals surface area (Å²) >= 11 is 0. The first kappa shape index (κ1) is 19.4. The van der Waals surface area contributed by atoms with E-state index in [1.54, 1.807) is 6.07 Å². The van der Waals surface area contributed by atoms with Gasteiger partial charge in [-0.15, -0.1) is 0 Å². The van der Waals surface area contributed by atoms with E-state index in [9.17, 15) is 4.79 Å². The van der Waals surface area contributed by atoms with Crippen LogP contribution in [-0.2, 0) is 4.79 Å². The maximum Gasteiger partial charge on any atom is 0.335 e. The Labute approximate surface area is 166 Å². The molecule has 0 aliphatic heterocycles. The zero-order chi connectivity index (χ0) is 20.3. The number of anilines is 3. The smallest absolute Gasteiger partial charge is 0.335 e. The lowest BCUT2D eigenvalue weighted by molar-refractivity contribution is -0.128. The molecule has 142 valence electrons. The van der Waals surface area contributed by atoms with Crippen molar-refractivity contribution in [2.24, 2.45) is 0 Å². The predicted octanol–water partition coefficient (Wildman–Crippen LogP) is 6.48. The second-order valence-electron chi connectivity index (χ2n) is 7.00. The first-order valence-corrected chi connectivity index (χ1v) is 9.28. The van der Waals surface area contributed by atoms with Crippen molar-refractivity contribution in [3.8, 4) is 5.75 Å². The summed E-state index contributed by atoms with van der Waals surface area (Å²) in [7, 11) is 0.